The molecule has 0 saturated heterocycles. The van der Waals surface area contributed by atoms with Crippen LogP contribution in [0.3, 0.4) is 0 Å². The topological polar surface area (TPSA) is 136 Å². The van der Waals surface area contributed by atoms with Crippen molar-refractivity contribution in [1.82, 2.24) is 15.6 Å². The first kappa shape index (κ1) is 22.8. The Labute approximate surface area is 184 Å². The van der Waals surface area contributed by atoms with E-state index in [0.717, 1.165) is 0 Å². The van der Waals surface area contributed by atoms with Crippen LogP contribution in [0, 0.1) is 0 Å². The van der Waals surface area contributed by atoms with Crippen LogP contribution < -0.4 is 25.0 Å². The second-order valence-electron chi connectivity index (χ2n) is 6.41. The van der Waals surface area contributed by atoms with Crippen molar-refractivity contribution < 1.29 is 31.9 Å². The molecule has 0 atom stereocenters. The number of amides is 2. The van der Waals surface area contributed by atoms with Gasteiger partial charge in [-0.1, -0.05) is 6.07 Å². The van der Waals surface area contributed by atoms with Gasteiger partial charge in [0.2, 0.25) is 10.0 Å². The zero-order valence-corrected chi connectivity index (χ0v) is 18.1. The minimum absolute atomic E-state index is 0.0346. The molecule has 0 aliphatic carbocycles. The highest BCUT2D eigenvalue weighted by atomic mass is 32.2. The second-order valence-corrected chi connectivity index (χ2v) is 8.18. The fourth-order valence-corrected chi connectivity index (χ4v) is 3.74. The Balaban J connectivity index is 1.65. The molecule has 0 bridgehead atoms. The molecule has 0 saturated carbocycles. The highest BCUT2D eigenvalue weighted by molar-refractivity contribution is 7.89. The highest BCUT2D eigenvalue weighted by Crippen LogP contribution is 2.27. The minimum Gasteiger partial charge on any atom is -0.493 e. The molecule has 0 aliphatic heterocycles. The third-order valence-electron chi connectivity index (χ3n) is 4.36. The van der Waals surface area contributed by atoms with Gasteiger partial charge in [-0.05, 0) is 48.5 Å². The van der Waals surface area contributed by atoms with Crippen LogP contribution in [0.5, 0.6) is 11.5 Å². The molecule has 10 nitrogen and oxygen atoms in total. The molecule has 3 aromatic rings. The first-order chi connectivity index (χ1) is 15.3. The van der Waals surface area contributed by atoms with Gasteiger partial charge in [-0.3, -0.25) is 20.4 Å². The van der Waals surface area contributed by atoms with Gasteiger partial charge in [0.25, 0.3) is 11.8 Å². The molecule has 0 radical (unpaired) electrons. The smallest absolute Gasteiger partial charge is 0.269 e. The number of hydrogen-bond acceptors (Lipinski definition) is 7. The van der Waals surface area contributed by atoms with Gasteiger partial charge in [0.05, 0.1) is 31.9 Å². The Bertz CT molecular complexity index is 1210. The van der Waals surface area contributed by atoms with E-state index in [0.29, 0.717) is 17.3 Å². The molecule has 2 aromatic carbocycles. The number of carbonyl (C=O) groups is 2. The van der Waals surface area contributed by atoms with Crippen molar-refractivity contribution >= 4 is 21.8 Å². The number of rotatable bonds is 8. The molecule has 2 amide bonds. The van der Waals surface area contributed by atoms with Gasteiger partial charge in [0.15, 0.2) is 11.5 Å². The van der Waals surface area contributed by atoms with Crippen LogP contribution in [0.1, 0.15) is 26.5 Å². The molecule has 1 heterocycles. The predicted molar refractivity (Wildman–Crippen MR) is 114 cm³/mol. The summed E-state index contributed by atoms with van der Waals surface area (Å²) in [4.78, 5) is 24.7. The average molecular weight is 459 g/mol. The van der Waals surface area contributed by atoms with Crippen molar-refractivity contribution in [3.8, 4) is 11.5 Å². The lowest BCUT2D eigenvalue weighted by molar-refractivity contribution is 0.0846. The van der Waals surface area contributed by atoms with Crippen molar-refractivity contribution in [2.75, 3.05) is 14.2 Å². The first-order valence-electron chi connectivity index (χ1n) is 9.29. The molecule has 0 spiro atoms. The first-order valence-corrected chi connectivity index (χ1v) is 10.8. The van der Waals surface area contributed by atoms with E-state index < -0.39 is 21.8 Å². The second kappa shape index (κ2) is 9.98. The summed E-state index contributed by atoms with van der Waals surface area (Å²) in [6.07, 6.45) is 1.44. The summed E-state index contributed by atoms with van der Waals surface area (Å²) in [7, 11) is -0.977. The van der Waals surface area contributed by atoms with E-state index in [-0.39, 0.29) is 22.6 Å². The Kier molecular flexibility index (Phi) is 7.13. The Morgan fingerprint density at radius 3 is 2.19 bits per heavy atom. The standard InChI is InChI=1S/C21H21N3O7S/c1-29-18-9-8-15(12-19(18)30-2)21(26)24-23-20(25)14-5-3-7-17(11-14)32(27,28)22-13-16-6-4-10-31-16/h3-12,22H,13H2,1-2H3,(H,23,25)(H,24,26). The van der Waals surface area contributed by atoms with Crippen LogP contribution in [0.4, 0.5) is 0 Å². The summed E-state index contributed by atoms with van der Waals surface area (Å²) in [5.74, 6) is -0.0383. The molecular formula is C21H21N3O7S. The maximum Gasteiger partial charge on any atom is 0.269 e. The lowest BCUT2D eigenvalue weighted by Gasteiger charge is -2.11. The molecule has 32 heavy (non-hydrogen) atoms. The summed E-state index contributed by atoms with van der Waals surface area (Å²) in [5, 5.41) is 0. The Hall–Kier alpha value is -3.83. The minimum atomic E-state index is -3.88. The normalized spacial score (nSPS) is 10.9. The Morgan fingerprint density at radius 1 is 0.875 bits per heavy atom. The summed E-state index contributed by atoms with van der Waals surface area (Å²) in [6, 6.07) is 13.2. The molecule has 1 aromatic heterocycles. The van der Waals surface area contributed by atoms with E-state index in [4.69, 9.17) is 13.9 Å². The number of carbonyl (C=O) groups excluding carboxylic acids is 2. The third kappa shape index (κ3) is 5.45. The fraction of sp³-hybridized carbons (Fsp3) is 0.143. The number of methoxy groups -OCH3 is 2. The molecule has 3 N–H and O–H groups in total. The largest absolute Gasteiger partial charge is 0.493 e. The number of hydrogen-bond donors (Lipinski definition) is 3. The van der Waals surface area contributed by atoms with E-state index in [1.807, 2.05) is 0 Å². The van der Waals surface area contributed by atoms with E-state index in [2.05, 4.69) is 15.6 Å². The zero-order valence-electron chi connectivity index (χ0n) is 17.2. The fourth-order valence-electron chi connectivity index (χ4n) is 2.70. The van der Waals surface area contributed by atoms with Crippen molar-refractivity contribution in [2.24, 2.45) is 0 Å². The van der Waals surface area contributed by atoms with Crippen LogP contribution in [0.15, 0.2) is 70.2 Å². The highest BCUT2D eigenvalue weighted by Gasteiger charge is 2.17. The summed E-state index contributed by atoms with van der Waals surface area (Å²) >= 11 is 0. The number of ether oxygens (including phenoxy) is 2. The van der Waals surface area contributed by atoms with Crippen molar-refractivity contribution in [1.29, 1.82) is 0 Å². The number of nitrogens with one attached hydrogen (secondary N) is 3. The van der Waals surface area contributed by atoms with E-state index in [1.54, 1.807) is 18.2 Å². The lowest BCUT2D eigenvalue weighted by atomic mass is 10.2. The number of furan rings is 1. The quantitative estimate of drug-likeness (QED) is 0.437. The summed E-state index contributed by atoms with van der Waals surface area (Å²) in [5.41, 5.74) is 4.79. The van der Waals surface area contributed by atoms with Gasteiger partial charge < -0.3 is 13.9 Å². The lowest BCUT2D eigenvalue weighted by Crippen LogP contribution is -2.41. The van der Waals surface area contributed by atoms with E-state index in [9.17, 15) is 18.0 Å². The maximum absolute atomic E-state index is 12.5. The molecule has 0 fully saturated rings. The van der Waals surface area contributed by atoms with Crippen molar-refractivity contribution in [2.45, 2.75) is 11.4 Å². The van der Waals surface area contributed by atoms with Crippen LogP contribution in [-0.2, 0) is 16.6 Å². The maximum atomic E-state index is 12.5. The summed E-state index contributed by atoms with van der Waals surface area (Å²) < 4.78 is 42.7. The molecule has 0 aliphatic rings. The third-order valence-corrected chi connectivity index (χ3v) is 5.76. The molecule has 0 unspecified atom stereocenters. The number of hydrazine groups is 1. The predicted octanol–water partition coefficient (Wildman–Crippen LogP) is 1.85. The number of sulfonamides is 1. The average Bonchev–Trinajstić information content (AvgIpc) is 3.34. The van der Waals surface area contributed by atoms with E-state index in [1.165, 1.54) is 56.9 Å². The number of benzene rings is 2. The molecule has 3 rings (SSSR count). The van der Waals surface area contributed by atoms with Gasteiger partial charge in [-0.15, -0.1) is 0 Å². The van der Waals surface area contributed by atoms with Crippen LogP contribution in [0.25, 0.3) is 0 Å². The zero-order chi connectivity index (χ0) is 23.1. The van der Waals surface area contributed by atoms with Gasteiger partial charge in [-0.2, -0.15) is 0 Å². The summed E-state index contributed by atoms with van der Waals surface area (Å²) in [6.45, 7) is -0.0346. The van der Waals surface area contributed by atoms with E-state index >= 15 is 0 Å². The van der Waals surface area contributed by atoms with Crippen molar-refractivity contribution in [3.63, 3.8) is 0 Å². The molecule has 11 heteroatoms. The Morgan fingerprint density at radius 2 is 1.56 bits per heavy atom. The molecular weight excluding hydrogens is 438 g/mol. The van der Waals surface area contributed by atoms with Gasteiger partial charge in [-0.25, -0.2) is 13.1 Å². The van der Waals surface area contributed by atoms with Crippen LogP contribution >= 0.6 is 0 Å². The monoisotopic (exact) mass is 459 g/mol. The van der Waals surface area contributed by atoms with Gasteiger partial charge in [0, 0.05) is 11.1 Å². The van der Waals surface area contributed by atoms with Gasteiger partial charge >= 0.3 is 0 Å². The van der Waals surface area contributed by atoms with Crippen molar-refractivity contribution in [3.05, 3.63) is 77.7 Å². The molecule has 168 valence electrons. The SMILES string of the molecule is COc1ccc(C(=O)NNC(=O)c2cccc(S(=O)(=O)NCc3ccco3)c2)cc1OC. The van der Waals surface area contributed by atoms with Gasteiger partial charge in [0.1, 0.15) is 5.76 Å². The van der Waals surface area contributed by atoms with Crippen LogP contribution in [-0.4, -0.2) is 34.5 Å². The van der Waals surface area contributed by atoms with Crippen LogP contribution in [0.2, 0.25) is 0 Å².